The minimum atomic E-state index is -0.172. The molecule has 2 N–H and O–H groups in total. The number of aryl methyl sites for hydroxylation is 2. The summed E-state index contributed by atoms with van der Waals surface area (Å²) < 4.78 is 7.60. The highest BCUT2D eigenvalue weighted by Gasteiger charge is 2.16. The molecule has 25 heavy (non-hydrogen) atoms. The molecule has 2 aromatic rings. The molecule has 1 aliphatic heterocycles. The zero-order valence-electron chi connectivity index (χ0n) is 14.5. The van der Waals surface area contributed by atoms with Gasteiger partial charge in [0.05, 0.1) is 12.6 Å². The highest BCUT2D eigenvalue weighted by Crippen LogP contribution is 2.10. The smallest absolute Gasteiger partial charge is 0.315 e. The third-order valence-electron chi connectivity index (χ3n) is 4.43. The summed E-state index contributed by atoms with van der Waals surface area (Å²) in [7, 11) is 0. The van der Waals surface area contributed by atoms with Crippen LogP contribution in [0.1, 0.15) is 30.7 Å². The first kappa shape index (κ1) is 17.5. The van der Waals surface area contributed by atoms with Crippen LogP contribution < -0.4 is 10.6 Å². The van der Waals surface area contributed by atoms with Crippen LogP contribution in [0.3, 0.4) is 0 Å². The predicted molar refractivity (Wildman–Crippen MR) is 96.2 cm³/mol. The van der Waals surface area contributed by atoms with Gasteiger partial charge in [-0.1, -0.05) is 30.3 Å². The number of hydrogen-bond acceptors (Lipinski definition) is 3. The summed E-state index contributed by atoms with van der Waals surface area (Å²) >= 11 is 0. The lowest BCUT2D eigenvalue weighted by Crippen LogP contribution is -2.39. The average molecular weight is 342 g/mol. The molecular formula is C19H26N4O2. The van der Waals surface area contributed by atoms with Crippen LogP contribution in [0.25, 0.3) is 0 Å². The van der Waals surface area contributed by atoms with Crippen molar-refractivity contribution < 1.29 is 9.53 Å². The molecule has 1 aromatic heterocycles. The molecule has 2 amide bonds. The van der Waals surface area contributed by atoms with Gasteiger partial charge in [-0.3, -0.25) is 0 Å². The molecule has 0 radical (unpaired) electrons. The second kappa shape index (κ2) is 9.22. The van der Waals surface area contributed by atoms with Crippen molar-refractivity contribution in [2.45, 2.75) is 44.9 Å². The van der Waals surface area contributed by atoms with Crippen molar-refractivity contribution in [3.8, 4) is 0 Å². The van der Waals surface area contributed by atoms with Crippen molar-refractivity contribution in [3.05, 3.63) is 54.1 Å². The number of imidazole rings is 1. The summed E-state index contributed by atoms with van der Waals surface area (Å²) in [5.41, 5.74) is 1.34. The number of urea groups is 1. The maximum absolute atomic E-state index is 11.9. The Morgan fingerprint density at radius 1 is 1.28 bits per heavy atom. The van der Waals surface area contributed by atoms with Gasteiger partial charge in [0.15, 0.2) is 0 Å². The van der Waals surface area contributed by atoms with Crippen molar-refractivity contribution in [3.63, 3.8) is 0 Å². The molecule has 1 atom stereocenters. The highest BCUT2D eigenvalue weighted by molar-refractivity contribution is 5.73. The van der Waals surface area contributed by atoms with E-state index in [1.54, 1.807) is 6.20 Å². The molecule has 3 rings (SSSR count). The first-order valence-corrected chi connectivity index (χ1v) is 8.98. The Morgan fingerprint density at radius 2 is 2.16 bits per heavy atom. The van der Waals surface area contributed by atoms with E-state index >= 15 is 0 Å². The van der Waals surface area contributed by atoms with Gasteiger partial charge in [0, 0.05) is 32.1 Å². The number of nitrogens with zero attached hydrogens (tertiary/aromatic N) is 2. The minimum Gasteiger partial charge on any atom is -0.376 e. The SMILES string of the molecule is O=C(NCc1nccn1CCCc1ccccc1)NC[C@H]1CCCO1. The molecule has 0 saturated carbocycles. The fraction of sp³-hybridized carbons (Fsp3) is 0.474. The maximum atomic E-state index is 11.9. The van der Waals surface area contributed by atoms with Crippen molar-refractivity contribution in [1.82, 2.24) is 20.2 Å². The molecule has 0 spiro atoms. The van der Waals surface area contributed by atoms with Gasteiger partial charge < -0.3 is 19.9 Å². The van der Waals surface area contributed by atoms with Crippen molar-refractivity contribution in [2.24, 2.45) is 0 Å². The lowest BCUT2D eigenvalue weighted by Gasteiger charge is -2.12. The lowest BCUT2D eigenvalue weighted by atomic mass is 10.1. The second-order valence-electron chi connectivity index (χ2n) is 6.32. The van der Waals surface area contributed by atoms with Gasteiger partial charge in [-0.05, 0) is 31.2 Å². The Morgan fingerprint density at radius 3 is 2.96 bits per heavy atom. The number of nitrogens with one attached hydrogen (secondary N) is 2. The molecule has 0 aliphatic carbocycles. The lowest BCUT2D eigenvalue weighted by molar-refractivity contribution is 0.111. The molecule has 0 unspecified atom stereocenters. The third kappa shape index (κ3) is 5.60. The molecule has 1 aromatic carbocycles. The Bertz CT molecular complexity index is 650. The van der Waals surface area contributed by atoms with Crippen molar-refractivity contribution >= 4 is 6.03 Å². The van der Waals surface area contributed by atoms with Gasteiger partial charge in [-0.15, -0.1) is 0 Å². The molecule has 2 heterocycles. The Kier molecular flexibility index (Phi) is 6.45. The summed E-state index contributed by atoms with van der Waals surface area (Å²) in [4.78, 5) is 16.2. The number of aromatic nitrogens is 2. The molecule has 6 heteroatoms. The van der Waals surface area contributed by atoms with Crippen LogP contribution in [0.4, 0.5) is 4.79 Å². The molecule has 1 fully saturated rings. The number of rotatable bonds is 8. The second-order valence-corrected chi connectivity index (χ2v) is 6.32. The maximum Gasteiger partial charge on any atom is 0.315 e. The number of carbonyl (C=O) groups is 1. The van der Waals surface area contributed by atoms with Crippen LogP contribution in [0.5, 0.6) is 0 Å². The Hall–Kier alpha value is -2.34. The fourth-order valence-electron chi connectivity index (χ4n) is 3.04. The number of carbonyl (C=O) groups excluding carboxylic acids is 1. The molecule has 134 valence electrons. The van der Waals surface area contributed by atoms with Gasteiger partial charge in [0.2, 0.25) is 0 Å². The normalized spacial score (nSPS) is 16.7. The average Bonchev–Trinajstić information content (AvgIpc) is 3.31. The van der Waals surface area contributed by atoms with Crippen LogP contribution in [0, 0.1) is 0 Å². The molecule has 1 aliphatic rings. The summed E-state index contributed by atoms with van der Waals surface area (Å²) in [6.07, 6.45) is 8.08. The first-order chi connectivity index (χ1) is 12.3. The van der Waals surface area contributed by atoms with Crippen LogP contribution in [-0.4, -0.2) is 34.8 Å². The van der Waals surface area contributed by atoms with Gasteiger partial charge >= 0.3 is 6.03 Å². The topological polar surface area (TPSA) is 68.2 Å². The van der Waals surface area contributed by atoms with Crippen molar-refractivity contribution in [1.29, 1.82) is 0 Å². The Balaban J connectivity index is 1.38. The molecular weight excluding hydrogens is 316 g/mol. The third-order valence-corrected chi connectivity index (χ3v) is 4.43. The largest absolute Gasteiger partial charge is 0.376 e. The summed E-state index contributed by atoms with van der Waals surface area (Å²) in [6.45, 7) is 2.69. The van der Waals surface area contributed by atoms with Crippen LogP contribution in [0.15, 0.2) is 42.7 Å². The predicted octanol–water partition coefficient (Wildman–Crippen LogP) is 2.49. The van der Waals surface area contributed by atoms with E-state index in [1.165, 1.54) is 5.56 Å². The van der Waals surface area contributed by atoms with Gasteiger partial charge in [-0.2, -0.15) is 0 Å². The quantitative estimate of drug-likeness (QED) is 0.774. The van der Waals surface area contributed by atoms with E-state index in [9.17, 15) is 4.79 Å². The van der Waals surface area contributed by atoms with E-state index < -0.39 is 0 Å². The monoisotopic (exact) mass is 342 g/mol. The van der Waals surface area contributed by atoms with Crippen LogP contribution >= 0.6 is 0 Å². The summed E-state index contributed by atoms with van der Waals surface area (Å²) in [5.74, 6) is 0.875. The van der Waals surface area contributed by atoms with E-state index in [-0.39, 0.29) is 12.1 Å². The number of amides is 2. The van der Waals surface area contributed by atoms with E-state index in [0.29, 0.717) is 13.1 Å². The first-order valence-electron chi connectivity index (χ1n) is 8.98. The van der Waals surface area contributed by atoms with Gasteiger partial charge in [-0.25, -0.2) is 9.78 Å². The van der Waals surface area contributed by atoms with Gasteiger partial charge in [0.25, 0.3) is 0 Å². The zero-order valence-corrected chi connectivity index (χ0v) is 14.5. The Labute approximate surface area is 148 Å². The zero-order chi connectivity index (χ0) is 17.3. The molecule has 0 bridgehead atoms. The summed E-state index contributed by atoms with van der Waals surface area (Å²) in [6, 6.07) is 10.3. The minimum absolute atomic E-state index is 0.158. The molecule has 1 saturated heterocycles. The number of ether oxygens (including phenoxy) is 1. The summed E-state index contributed by atoms with van der Waals surface area (Å²) in [5, 5.41) is 5.73. The highest BCUT2D eigenvalue weighted by atomic mass is 16.5. The van der Waals surface area contributed by atoms with E-state index in [0.717, 1.165) is 44.7 Å². The number of benzene rings is 1. The standard InChI is InChI=1S/C19H26N4O2/c24-19(21-14-17-9-5-13-25-17)22-15-18-20-10-12-23(18)11-4-8-16-6-2-1-3-7-16/h1-3,6-7,10,12,17H,4-5,8-9,11,13-15H2,(H2,21,22,24)/t17-/m1/s1. The fourth-order valence-corrected chi connectivity index (χ4v) is 3.04. The van der Waals surface area contributed by atoms with E-state index in [2.05, 4.69) is 44.5 Å². The van der Waals surface area contributed by atoms with Crippen LogP contribution in [0.2, 0.25) is 0 Å². The van der Waals surface area contributed by atoms with Gasteiger partial charge in [0.1, 0.15) is 5.82 Å². The van der Waals surface area contributed by atoms with E-state index in [1.807, 2.05) is 12.3 Å². The van der Waals surface area contributed by atoms with E-state index in [4.69, 9.17) is 4.74 Å². The van der Waals surface area contributed by atoms with Crippen LogP contribution in [-0.2, 0) is 24.2 Å². The molecule has 6 nitrogen and oxygen atoms in total. The number of hydrogen-bond donors (Lipinski definition) is 2. The van der Waals surface area contributed by atoms with Crippen molar-refractivity contribution in [2.75, 3.05) is 13.2 Å².